The minimum absolute atomic E-state index is 0.156. The van der Waals surface area contributed by atoms with Gasteiger partial charge in [-0.3, -0.25) is 0 Å². The molecule has 1 aromatic carbocycles. The van der Waals surface area contributed by atoms with E-state index in [1.54, 1.807) is 6.07 Å². The maximum Gasteiger partial charge on any atom is 0.161 e. The van der Waals surface area contributed by atoms with Crippen LogP contribution in [0.4, 0.5) is 5.82 Å². The average Bonchev–Trinajstić information content (AvgIpc) is 2.63. The topological polar surface area (TPSA) is 58.0 Å². The maximum absolute atomic E-state index is 9.75. The minimum atomic E-state index is -0.156. The van der Waals surface area contributed by atoms with E-state index >= 15 is 0 Å². The Labute approximate surface area is 164 Å². The monoisotopic (exact) mass is 391 g/mol. The predicted octanol–water partition coefficient (Wildman–Crippen LogP) is 5.04. The van der Waals surface area contributed by atoms with E-state index in [9.17, 15) is 5.11 Å². The quantitative estimate of drug-likeness (QED) is 0.768. The van der Waals surface area contributed by atoms with Gasteiger partial charge < -0.3 is 10.4 Å². The van der Waals surface area contributed by atoms with E-state index in [1.165, 1.54) is 12.0 Å². The molecule has 138 valence electrons. The molecular formula is C20H23Cl2N3O. The largest absolute Gasteiger partial charge is 0.393 e. The molecule has 0 amide bonds. The molecule has 0 bridgehead atoms. The van der Waals surface area contributed by atoms with Crippen LogP contribution in [0.2, 0.25) is 10.0 Å². The molecule has 0 unspecified atom stereocenters. The highest BCUT2D eigenvalue weighted by molar-refractivity contribution is 6.35. The summed E-state index contributed by atoms with van der Waals surface area (Å²) < 4.78 is 0. The maximum atomic E-state index is 9.75. The number of aliphatic hydroxyl groups is 1. The van der Waals surface area contributed by atoms with Crippen LogP contribution < -0.4 is 5.32 Å². The van der Waals surface area contributed by atoms with E-state index in [0.717, 1.165) is 62.0 Å². The smallest absolute Gasteiger partial charge is 0.161 e. The summed E-state index contributed by atoms with van der Waals surface area (Å²) in [4.78, 5) is 9.67. The molecule has 2 aliphatic carbocycles. The Bertz CT molecular complexity index is 784. The van der Waals surface area contributed by atoms with E-state index in [1.807, 2.05) is 12.1 Å². The van der Waals surface area contributed by atoms with Crippen molar-refractivity contribution < 1.29 is 5.11 Å². The summed E-state index contributed by atoms with van der Waals surface area (Å²) in [6.07, 6.45) is 7.82. The standard InChI is InChI=1S/C20H23Cl2N3O/c21-13-9-12(10-14(22)11-13)19-24-18-4-2-1-3-17(18)20(25-19)23-15-5-7-16(26)8-6-15/h9-11,15-16,26H,1-8H2,(H,23,24,25). The fourth-order valence-corrected chi connectivity index (χ4v) is 4.47. The van der Waals surface area contributed by atoms with Crippen LogP contribution >= 0.6 is 23.2 Å². The highest BCUT2D eigenvalue weighted by Crippen LogP contribution is 2.32. The zero-order chi connectivity index (χ0) is 18.1. The van der Waals surface area contributed by atoms with Gasteiger partial charge in [0.1, 0.15) is 5.82 Å². The lowest BCUT2D eigenvalue weighted by atomic mass is 9.92. The Morgan fingerprint density at radius 3 is 2.35 bits per heavy atom. The summed E-state index contributed by atoms with van der Waals surface area (Å²) >= 11 is 12.3. The Balaban J connectivity index is 1.70. The van der Waals surface area contributed by atoms with Gasteiger partial charge in [-0.05, 0) is 69.6 Å². The fraction of sp³-hybridized carbons (Fsp3) is 0.500. The van der Waals surface area contributed by atoms with E-state index < -0.39 is 0 Å². The number of aromatic nitrogens is 2. The van der Waals surface area contributed by atoms with E-state index in [0.29, 0.717) is 21.9 Å². The van der Waals surface area contributed by atoms with Crippen LogP contribution in [0.5, 0.6) is 0 Å². The molecule has 0 atom stereocenters. The summed E-state index contributed by atoms with van der Waals surface area (Å²) in [5.74, 6) is 1.62. The van der Waals surface area contributed by atoms with Crippen molar-refractivity contribution in [2.45, 2.75) is 63.5 Å². The van der Waals surface area contributed by atoms with Crippen molar-refractivity contribution in [1.82, 2.24) is 9.97 Å². The van der Waals surface area contributed by atoms with Crippen LogP contribution in [0, 0.1) is 0 Å². The van der Waals surface area contributed by atoms with Crippen molar-refractivity contribution in [1.29, 1.82) is 0 Å². The molecule has 0 saturated heterocycles. The van der Waals surface area contributed by atoms with Gasteiger partial charge in [0, 0.05) is 32.9 Å². The lowest BCUT2D eigenvalue weighted by Crippen LogP contribution is -2.29. The van der Waals surface area contributed by atoms with Crippen LogP contribution in [0.15, 0.2) is 18.2 Å². The molecule has 26 heavy (non-hydrogen) atoms. The van der Waals surface area contributed by atoms with Crippen molar-refractivity contribution in [3.63, 3.8) is 0 Å². The van der Waals surface area contributed by atoms with Crippen LogP contribution in [-0.2, 0) is 12.8 Å². The molecule has 6 heteroatoms. The van der Waals surface area contributed by atoms with Crippen LogP contribution in [0.25, 0.3) is 11.4 Å². The molecular weight excluding hydrogens is 369 g/mol. The number of halogens is 2. The number of nitrogens with one attached hydrogen (secondary N) is 1. The van der Waals surface area contributed by atoms with Gasteiger partial charge >= 0.3 is 0 Å². The third-order valence-corrected chi connectivity index (χ3v) is 5.78. The summed E-state index contributed by atoms with van der Waals surface area (Å²) in [5.41, 5.74) is 3.23. The summed E-state index contributed by atoms with van der Waals surface area (Å²) in [6, 6.07) is 5.80. The number of fused-ring (bicyclic) bond motifs is 1. The summed E-state index contributed by atoms with van der Waals surface area (Å²) in [6.45, 7) is 0. The zero-order valence-corrected chi connectivity index (χ0v) is 16.2. The van der Waals surface area contributed by atoms with Gasteiger partial charge in [0.05, 0.1) is 6.10 Å². The fourth-order valence-electron chi connectivity index (χ4n) is 3.94. The van der Waals surface area contributed by atoms with Gasteiger partial charge in [-0.1, -0.05) is 23.2 Å². The average molecular weight is 392 g/mol. The first-order valence-corrected chi connectivity index (χ1v) is 10.1. The lowest BCUT2D eigenvalue weighted by molar-refractivity contribution is 0.126. The van der Waals surface area contributed by atoms with Crippen LogP contribution in [-0.4, -0.2) is 27.2 Å². The molecule has 2 aliphatic rings. The lowest BCUT2D eigenvalue weighted by Gasteiger charge is -2.28. The second-order valence-electron chi connectivity index (χ2n) is 7.34. The van der Waals surface area contributed by atoms with E-state index in [2.05, 4.69) is 5.32 Å². The second kappa shape index (κ2) is 7.71. The summed E-state index contributed by atoms with van der Waals surface area (Å²) in [7, 11) is 0. The zero-order valence-electron chi connectivity index (χ0n) is 14.6. The molecule has 4 nitrogen and oxygen atoms in total. The first kappa shape index (κ1) is 18.0. The number of aliphatic hydroxyl groups excluding tert-OH is 1. The van der Waals surface area contributed by atoms with Gasteiger partial charge in [0.15, 0.2) is 5.82 Å². The van der Waals surface area contributed by atoms with Crippen molar-refractivity contribution in [2.24, 2.45) is 0 Å². The number of aryl methyl sites for hydroxylation is 1. The SMILES string of the molecule is OC1CCC(Nc2nc(-c3cc(Cl)cc(Cl)c3)nc3c2CCCC3)CC1. The second-order valence-corrected chi connectivity index (χ2v) is 8.21. The Hall–Kier alpha value is -1.36. The van der Waals surface area contributed by atoms with Gasteiger partial charge in [-0.25, -0.2) is 9.97 Å². The Morgan fingerprint density at radius 2 is 1.62 bits per heavy atom. The molecule has 1 fully saturated rings. The van der Waals surface area contributed by atoms with E-state index in [4.69, 9.17) is 33.2 Å². The number of anilines is 1. The normalized spacial score (nSPS) is 22.7. The third-order valence-electron chi connectivity index (χ3n) is 5.34. The number of rotatable bonds is 3. The summed E-state index contributed by atoms with van der Waals surface area (Å²) in [5, 5.41) is 14.6. The molecule has 1 heterocycles. The number of benzene rings is 1. The number of nitrogens with zero attached hydrogens (tertiary/aromatic N) is 2. The van der Waals surface area contributed by atoms with Gasteiger partial charge in [-0.2, -0.15) is 0 Å². The third kappa shape index (κ3) is 3.98. The number of hydrogen-bond donors (Lipinski definition) is 2. The van der Waals surface area contributed by atoms with Gasteiger partial charge in [0.25, 0.3) is 0 Å². The van der Waals surface area contributed by atoms with Crippen molar-refractivity contribution >= 4 is 29.0 Å². The van der Waals surface area contributed by atoms with Gasteiger partial charge in [0.2, 0.25) is 0 Å². The molecule has 1 aromatic heterocycles. The van der Waals surface area contributed by atoms with Crippen molar-refractivity contribution in [3.8, 4) is 11.4 Å². The van der Waals surface area contributed by atoms with Crippen molar-refractivity contribution in [3.05, 3.63) is 39.5 Å². The highest BCUT2D eigenvalue weighted by Gasteiger charge is 2.23. The molecule has 2 N–H and O–H groups in total. The Kier molecular flexibility index (Phi) is 5.35. The van der Waals surface area contributed by atoms with Gasteiger partial charge in [-0.15, -0.1) is 0 Å². The van der Waals surface area contributed by atoms with E-state index in [-0.39, 0.29) is 6.10 Å². The molecule has 0 radical (unpaired) electrons. The first-order chi connectivity index (χ1) is 12.6. The van der Waals surface area contributed by atoms with Crippen molar-refractivity contribution in [2.75, 3.05) is 5.32 Å². The molecule has 2 aromatic rings. The molecule has 0 spiro atoms. The molecule has 1 saturated carbocycles. The number of hydrogen-bond acceptors (Lipinski definition) is 4. The first-order valence-electron chi connectivity index (χ1n) is 9.39. The molecule has 4 rings (SSSR count). The highest BCUT2D eigenvalue weighted by atomic mass is 35.5. The van der Waals surface area contributed by atoms with Crippen LogP contribution in [0.1, 0.15) is 49.8 Å². The predicted molar refractivity (Wildman–Crippen MR) is 106 cm³/mol. The van der Waals surface area contributed by atoms with Crippen LogP contribution in [0.3, 0.4) is 0 Å². The molecule has 0 aliphatic heterocycles. The minimum Gasteiger partial charge on any atom is -0.393 e. The Morgan fingerprint density at radius 1 is 0.923 bits per heavy atom.